The van der Waals surface area contributed by atoms with Crippen LogP contribution in [0, 0.1) is 0 Å². The minimum absolute atomic E-state index is 1.00. The van der Waals surface area contributed by atoms with Crippen molar-refractivity contribution < 1.29 is 0 Å². The Morgan fingerprint density at radius 1 is 0.353 bits per heavy atom. The second-order valence-corrected chi connectivity index (χ2v) is 8.84. The Bertz CT molecular complexity index is 1830. The van der Waals surface area contributed by atoms with E-state index in [1.54, 1.807) is 0 Å². The van der Waals surface area contributed by atoms with Gasteiger partial charge in [0.25, 0.3) is 0 Å². The summed E-state index contributed by atoms with van der Waals surface area (Å²) in [4.78, 5) is 4.56. The number of rotatable bonds is 2. The minimum atomic E-state index is 1.00. The highest BCUT2D eigenvalue weighted by Crippen LogP contribution is 2.38. The molecule has 0 saturated heterocycles. The summed E-state index contributed by atoms with van der Waals surface area (Å²) in [5, 5.41) is 10.2. The number of nitrogens with zero attached hydrogens (tertiary/aromatic N) is 1. The van der Waals surface area contributed by atoms with Crippen molar-refractivity contribution in [2.75, 3.05) is 0 Å². The van der Waals surface area contributed by atoms with E-state index >= 15 is 0 Å². The number of pyridine rings is 1. The number of fused-ring (bicyclic) bond motifs is 7. The Morgan fingerprint density at radius 3 is 1.65 bits per heavy atom. The molecule has 0 radical (unpaired) electrons. The van der Waals surface area contributed by atoms with Crippen LogP contribution in [0.15, 0.2) is 128 Å². The lowest BCUT2D eigenvalue weighted by molar-refractivity contribution is 1.33. The summed E-state index contributed by atoms with van der Waals surface area (Å²) in [6, 6.07) is 43.7. The van der Waals surface area contributed by atoms with E-state index in [9.17, 15) is 0 Å². The average molecular weight is 432 g/mol. The zero-order valence-corrected chi connectivity index (χ0v) is 18.6. The molecule has 0 N–H and O–H groups in total. The normalized spacial score (nSPS) is 11.5. The highest BCUT2D eigenvalue weighted by atomic mass is 14.7. The molecular formula is C33H21N. The van der Waals surface area contributed by atoms with Crippen molar-refractivity contribution in [1.29, 1.82) is 0 Å². The Balaban J connectivity index is 1.50. The molecule has 1 heterocycles. The summed E-state index contributed by atoms with van der Waals surface area (Å²) in [5.74, 6) is 0. The van der Waals surface area contributed by atoms with E-state index in [-0.39, 0.29) is 0 Å². The van der Waals surface area contributed by atoms with Crippen molar-refractivity contribution in [3.8, 4) is 22.4 Å². The van der Waals surface area contributed by atoms with Crippen LogP contribution in [0.5, 0.6) is 0 Å². The first kappa shape index (κ1) is 19.0. The largest absolute Gasteiger partial charge is 0.256 e. The summed E-state index contributed by atoms with van der Waals surface area (Å²) < 4.78 is 0. The Hall–Kier alpha value is -4.49. The first-order chi connectivity index (χ1) is 16.8. The molecule has 0 aliphatic carbocycles. The third kappa shape index (κ3) is 2.98. The fraction of sp³-hybridized carbons (Fsp3) is 0. The third-order valence-electron chi connectivity index (χ3n) is 6.88. The van der Waals surface area contributed by atoms with Gasteiger partial charge in [0, 0.05) is 11.8 Å². The second-order valence-electron chi connectivity index (χ2n) is 8.84. The molecule has 0 atom stereocenters. The topological polar surface area (TPSA) is 12.9 Å². The highest BCUT2D eigenvalue weighted by molar-refractivity contribution is 6.26. The fourth-order valence-electron chi connectivity index (χ4n) is 5.20. The molecule has 0 unspecified atom stereocenters. The van der Waals surface area contributed by atoms with Crippen molar-refractivity contribution in [1.82, 2.24) is 4.98 Å². The summed E-state index contributed by atoms with van der Waals surface area (Å²) in [6.45, 7) is 0. The molecule has 0 amide bonds. The van der Waals surface area contributed by atoms with Crippen molar-refractivity contribution in [2.24, 2.45) is 0 Å². The van der Waals surface area contributed by atoms with Gasteiger partial charge in [-0.3, -0.25) is 4.98 Å². The lowest BCUT2D eigenvalue weighted by Gasteiger charge is -2.13. The van der Waals surface area contributed by atoms with Gasteiger partial charge in [0.2, 0.25) is 0 Å². The molecule has 158 valence electrons. The lowest BCUT2D eigenvalue weighted by atomic mass is 9.90. The first-order valence-electron chi connectivity index (χ1n) is 11.6. The Morgan fingerprint density at radius 2 is 0.912 bits per heavy atom. The number of hydrogen-bond donors (Lipinski definition) is 0. The summed E-state index contributed by atoms with van der Waals surface area (Å²) in [7, 11) is 0. The van der Waals surface area contributed by atoms with Crippen LogP contribution in [0.4, 0.5) is 0 Å². The highest BCUT2D eigenvalue weighted by Gasteiger charge is 2.11. The maximum atomic E-state index is 4.56. The Labute approximate surface area is 197 Å². The van der Waals surface area contributed by atoms with Gasteiger partial charge in [-0.15, -0.1) is 0 Å². The van der Waals surface area contributed by atoms with Crippen molar-refractivity contribution in [3.63, 3.8) is 0 Å². The van der Waals surface area contributed by atoms with Gasteiger partial charge in [0.15, 0.2) is 0 Å². The van der Waals surface area contributed by atoms with Gasteiger partial charge in [-0.1, -0.05) is 91.0 Å². The van der Waals surface area contributed by atoms with Crippen molar-refractivity contribution >= 4 is 43.1 Å². The molecule has 0 aliphatic rings. The molecule has 1 heteroatoms. The van der Waals surface area contributed by atoms with Gasteiger partial charge >= 0.3 is 0 Å². The van der Waals surface area contributed by atoms with E-state index in [4.69, 9.17) is 0 Å². The maximum Gasteiger partial charge on any atom is 0.0702 e. The number of aromatic nitrogens is 1. The van der Waals surface area contributed by atoms with E-state index < -0.39 is 0 Å². The van der Waals surface area contributed by atoms with Crippen LogP contribution in [0.2, 0.25) is 0 Å². The first-order valence-corrected chi connectivity index (χ1v) is 11.6. The molecule has 7 aromatic rings. The van der Waals surface area contributed by atoms with Gasteiger partial charge in [-0.2, -0.15) is 0 Å². The molecule has 0 bridgehead atoms. The molecular weight excluding hydrogens is 410 g/mol. The van der Waals surface area contributed by atoms with Crippen molar-refractivity contribution in [2.45, 2.75) is 0 Å². The smallest absolute Gasteiger partial charge is 0.0702 e. The van der Waals surface area contributed by atoms with Gasteiger partial charge in [0.1, 0.15) is 0 Å². The standard InChI is InChI=1S/C33H21N/c1-2-8-23-19-24(13-12-22(23)7-1)25-14-16-29-30-17-15-26(33-11-5-6-18-34-33)21-32(30)28-10-4-3-9-27(28)31(29)20-25/h1-21H. The van der Waals surface area contributed by atoms with Crippen LogP contribution in [-0.4, -0.2) is 4.98 Å². The minimum Gasteiger partial charge on any atom is -0.256 e. The third-order valence-corrected chi connectivity index (χ3v) is 6.88. The van der Waals surface area contributed by atoms with Gasteiger partial charge in [-0.05, 0) is 84.5 Å². The zero-order chi connectivity index (χ0) is 22.5. The van der Waals surface area contributed by atoms with E-state index in [1.165, 1.54) is 54.2 Å². The van der Waals surface area contributed by atoms with Crippen LogP contribution in [0.1, 0.15) is 0 Å². The quantitative estimate of drug-likeness (QED) is 0.249. The molecule has 0 aliphatic heterocycles. The molecule has 34 heavy (non-hydrogen) atoms. The predicted octanol–water partition coefficient (Wildman–Crippen LogP) is 9.03. The SMILES string of the molecule is c1ccc(-c2ccc3c4ccc(-c5ccc6ccccc6c5)cc4c4ccccc4c3c2)nc1. The maximum absolute atomic E-state index is 4.56. The number of benzene rings is 6. The molecule has 7 rings (SSSR count). The second kappa shape index (κ2) is 7.54. The molecule has 1 nitrogen and oxygen atoms in total. The van der Waals surface area contributed by atoms with Crippen LogP contribution < -0.4 is 0 Å². The molecule has 1 aromatic heterocycles. The Kier molecular flexibility index (Phi) is 4.22. The predicted molar refractivity (Wildman–Crippen MR) is 145 cm³/mol. The molecule has 0 saturated carbocycles. The summed E-state index contributed by atoms with van der Waals surface area (Å²) in [5.41, 5.74) is 4.63. The monoisotopic (exact) mass is 431 g/mol. The van der Waals surface area contributed by atoms with E-state index in [1.807, 2.05) is 18.3 Å². The van der Waals surface area contributed by atoms with Crippen LogP contribution in [0.3, 0.4) is 0 Å². The zero-order valence-electron chi connectivity index (χ0n) is 18.6. The molecule has 0 fully saturated rings. The van der Waals surface area contributed by atoms with Gasteiger partial charge in [-0.25, -0.2) is 0 Å². The summed E-state index contributed by atoms with van der Waals surface area (Å²) in [6.07, 6.45) is 1.85. The number of hydrogen-bond acceptors (Lipinski definition) is 1. The van der Waals surface area contributed by atoms with Gasteiger partial charge in [0.05, 0.1) is 5.69 Å². The van der Waals surface area contributed by atoms with Crippen molar-refractivity contribution in [3.05, 3.63) is 128 Å². The van der Waals surface area contributed by atoms with E-state index in [0.29, 0.717) is 0 Å². The molecule has 0 spiro atoms. The lowest BCUT2D eigenvalue weighted by Crippen LogP contribution is -1.87. The van der Waals surface area contributed by atoms with Crippen LogP contribution in [-0.2, 0) is 0 Å². The van der Waals surface area contributed by atoms with Crippen LogP contribution >= 0.6 is 0 Å². The summed E-state index contributed by atoms with van der Waals surface area (Å²) >= 11 is 0. The van der Waals surface area contributed by atoms with E-state index in [2.05, 4.69) is 114 Å². The average Bonchev–Trinajstić information content (AvgIpc) is 2.93. The van der Waals surface area contributed by atoms with Crippen LogP contribution in [0.25, 0.3) is 65.5 Å². The molecule has 6 aromatic carbocycles. The van der Waals surface area contributed by atoms with E-state index in [0.717, 1.165) is 11.3 Å². The fourth-order valence-corrected chi connectivity index (χ4v) is 5.20. The van der Waals surface area contributed by atoms with Gasteiger partial charge < -0.3 is 0 Å².